The number of methoxy groups -OCH3 is 1. The minimum Gasteiger partial charge on any atom is -0.383 e. The predicted octanol–water partition coefficient (Wildman–Crippen LogP) is 1.06. The highest BCUT2D eigenvalue weighted by Gasteiger charge is 2.60. The smallest absolute Gasteiger partial charge is 0.227 e. The van der Waals surface area contributed by atoms with Crippen molar-refractivity contribution in [2.24, 2.45) is 23.7 Å². The molecule has 4 aliphatic rings. The topological polar surface area (TPSA) is 53.1 Å². The second kappa shape index (κ2) is 6.79. The summed E-state index contributed by atoms with van der Waals surface area (Å²) in [7, 11) is 3.72. The minimum atomic E-state index is -0.0484. The summed E-state index contributed by atoms with van der Waals surface area (Å²) in [4.78, 5) is 32.1. The van der Waals surface area contributed by atoms with Crippen LogP contribution >= 0.6 is 0 Å². The molecule has 2 atom stereocenters. The van der Waals surface area contributed by atoms with E-state index in [1.807, 2.05) is 11.9 Å². The van der Waals surface area contributed by atoms with Crippen molar-refractivity contribution in [3.8, 4) is 0 Å². The zero-order valence-electron chi connectivity index (χ0n) is 16.4. The van der Waals surface area contributed by atoms with Crippen molar-refractivity contribution in [2.45, 2.75) is 38.1 Å². The third kappa shape index (κ3) is 2.76. The van der Waals surface area contributed by atoms with Crippen LogP contribution in [0.3, 0.4) is 0 Å². The van der Waals surface area contributed by atoms with Crippen molar-refractivity contribution >= 4 is 11.8 Å². The normalized spacial score (nSPS) is 36.5. The van der Waals surface area contributed by atoms with E-state index in [2.05, 4.69) is 16.7 Å². The van der Waals surface area contributed by atoms with E-state index in [0.717, 1.165) is 65.0 Å². The number of carbonyl (C=O) groups is 2. The predicted molar refractivity (Wildman–Crippen MR) is 98.5 cm³/mol. The van der Waals surface area contributed by atoms with Crippen molar-refractivity contribution < 1.29 is 14.3 Å². The van der Waals surface area contributed by atoms with E-state index in [0.29, 0.717) is 23.7 Å². The molecule has 6 nitrogen and oxygen atoms in total. The van der Waals surface area contributed by atoms with E-state index in [4.69, 9.17) is 4.74 Å². The molecule has 3 heterocycles. The maximum atomic E-state index is 12.9. The molecule has 3 aliphatic heterocycles. The Hall–Kier alpha value is -1.14. The lowest BCUT2D eigenvalue weighted by molar-refractivity contribution is -0.143. The lowest BCUT2D eigenvalue weighted by atomic mass is 9.73. The molecule has 2 unspecified atom stereocenters. The van der Waals surface area contributed by atoms with Crippen LogP contribution in [-0.4, -0.2) is 85.5 Å². The average Bonchev–Trinajstić information content (AvgIpc) is 3.13. The summed E-state index contributed by atoms with van der Waals surface area (Å²) in [6.07, 6.45) is 3.97. The van der Waals surface area contributed by atoms with E-state index in [-0.39, 0.29) is 17.4 Å². The van der Waals surface area contributed by atoms with Crippen LogP contribution in [0.25, 0.3) is 0 Å². The van der Waals surface area contributed by atoms with E-state index >= 15 is 0 Å². The molecule has 0 radical (unpaired) electrons. The molecule has 4 fully saturated rings. The number of carbonyl (C=O) groups excluding carboxylic acids is 2. The Morgan fingerprint density at radius 1 is 1.23 bits per heavy atom. The fraction of sp³-hybridized carbons (Fsp3) is 0.900. The largest absolute Gasteiger partial charge is 0.383 e. The minimum absolute atomic E-state index is 0.0484. The van der Waals surface area contributed by atoms with Crippen LogP contribution in [0, 0.1) is 23.7 Å². The maximum absolute atomic E-state index is 12.9. The highest BCUT2D eigenvalue weighted by Crippen LogP contribution is 2.49. The maximum Gasteiger partial charge on any atom is 0.227 e. The Morgan fingerprint density at radius 3 is 2.54 bits per heavy atom. The lowest BCUT2D eigenvalue weighted by Gasteiger charge is -2.48. The SMILES string of the molecule is COCCN1CC2C(=O)N(C)C3(CCN(C(=O)C4CC(C)C4)CC3)C2C1. The Kier molecular flexibility index (Phi) is 4.76. The van der Waals surface area contributed by atoms with Gasteiger partial charge in [0.1, 0.15) is 0 Å². The molecule has 2 amide bonds. The molecule has 0 aromatic carbocycles. The van der Waals surface area contributed by atoms with Crippen molar-refractivity contribution in [1.82, 2.24) is 14.7 Å². The van der Waals surface area contributed by atoms with Gasteiger partial charge in [-0.1, -0.05) is 6.92 Å². The van der Waals surface area contributed by atoms with Gasteiger partial charge in [0.25, 0.3) is 0 Å². The quantitative estimate of drug-likeness (QED) is 0.750. The first-order valence-electron chi connectivity index (χ1n) is 10.2. The number of rotatable bonds is 4. The second-order valence-corrected chi connectivity index (χ2v) is 9.06. The van der Waals surface area contributed by atoms with Crippen molar-refractivity contribution in [1.29, 1.82) is 0 Å². The average molecular weight is 364 g/mol. The first kappa shape index (κ1) is 18.2. The van der Waals surface area contributed by atoms with Gasteiger partial charge in [0.15, 0.2) is 0 Å². The Balaban J connectivity index is 1.42. The molecule has 0 aromatic heterocycles. The molecule has 0 aromatic rings. The van der Waals surface area contributed by atoms with Gasteiger partial charge in [0.2, 0.25) is 11.8 Å². The summed E-state index contributed by atoms with van der Waals surface area (Å²) < 4.78 is 5.22. The van der Waals surface area contributed by atoms with Crippen LogP contribution < -0.4 is 0 Å². The number of piperidine rings is 1. The summed E-state index contributed by atoms with van der Waals surface area (Å²) >= 11 is 0. The van der Waals surface area contributed by atoms with Crippen LogP contribution in [0.15, 0.2) is 0 Å². The molecule has 146 valence electrons. The number of amides is 2. The summed E-state index contributed by atoms with van der Waals surface area (Å²) in [6.45, 7) is 7.31. The zero-order valence-corrected chi connectivity index (χ0v) is 16.4. The number of ether oxygens (including phenoxy) is 1. The summed E-state index contributed by atoms with van der Waals surface area (Å²) in [5.74, 6) is 2.16. The van der Waals surface area contributed by atoms with E-state index in [1.165, 1.54) is 0 Å². The standard InChI is InChI=1S/C20H33N3O3/c1-14-10-15(11-14)18(24)23-6-4-20(5-7-23)17-13-22(8-9-26-3)12-16(17)19(25)21(20)2/h14-17H,4-13H2,1-3H3. The van der Waals surface area contributed by atoms with Gasteiger partial charge >= 0.3 is 0 Å². The summed E-state index contributed by atoms with van der Waals surface area (Å²) in [6, 6.07) is 0. The molecule has 0 bridgehead atoms. The van der Waals surface area contributed by atoms with Crippen LogP contribution in [-0.2, 0) is 14.3 Å². The third-order valence-corrected chi connectivity index (χ3v) is 7.68. The van der Waals surface area contributed by atoms with Crippen molar-refractivity contribution in [3.05, 3.63) is 0 Å². The molecular formula is C20H33N3O3. The first-order chi connectivity index (χ1) is 12.5. The summed E-state index contributed by atoms with van der Waals surface area (Å²) in [5, 5.41) is 0. The van der Waals surface area contributed by atoms with Gasteiger partial charge in [0, 0.05) is 58.7 Å². The van der Waals surface area contributed by atoms with Crippen LogP contribution in [0.2, 0.25) is 0 Å². The molecule has 4 rings (SSSR count). The number of nitrogens with zero attached hydrogens (tertiary/aromatic N) is 3. The van der Waals surface area contributed by atoms with E-state index in [1.54, 1.807) is 7.11 Å². The molecule has 6 heteroatoms. The van der Waals surface area contributed by atoms with Crippen LogP contribution in [0.1, 0.15) is 32.6 Å². The Bertz CT molecular complexity index is 567. The molecule has 1 spiro atoms. The van der Waals surface area contributed by atoms with Crippen LogP contribution in [0.5, 0.6) is 0 Å². The van der Waals surface area contributed by atoms with Crippen molar-refractivity contribution in [3.63, 3.8) is 0 Å². The second-order valence-electron chi connectivity index (χ2n) is 9.06. The first-order valence-corrected chi connectivity index (χ1v) is 10.2. The molecular weight excluding hydrogens is 330 g/mol. The van der Waals surface area contributed by atoms with Gasteiger partial charge in [0.05, 0.1) is 18.1 Å². The summed E-state index contributed by atoms with van der Waals surface area (Å²) in [5.41, 5.74) is -0.0484. The highest BCUT2D eigenvalue weighted by atomic mass is 16.5. The van der Waals surface area contributed by atoms with Gasteiger partial charge in [-0.3, -0.25) is 14.5 Å². The fourth-order valence-corrected chi connectivity index (χ4v) is 5.98. The Labute approximate surface area is 156 Å². The number of likely N-dealkylation sites (tertiary alicyclic amines) is 3. The molecule has 1 aliphatic carbocycles. The molecule has 3 saturated heterocycles. The van der Waals surface area contributed by atoms with Gasteiger partial charge in [-0.05, 0) is 31.6 Å². The van der Waals surface area contributed by atoms with Gasteiger partial charge < -0.3 is 14.5 Å². The number of hydrogen-bond acceptors (Lipinski definition) is 4. The third-order valence-electron chi connectivity index (χ3n) is 7.68. The lowest BCUT2D eigenvalue weighted by Crippen LogP contribution is -2.57. The number of hydrogen-bond donors (Lipinski definition) is 0. The Morgan fingerprint density at radius 2 is 1.92 bits per heavy atom. The zero-order chi connectivity index (χ0) is 18.5. The molecule has 0 N–H and O–H groups in total. The van der Waals surface area contributed by atoms with E-state index in [9.17, 15) is 9.59 Å². The molecule has 26 heavy (non-hydrogen) atoms. The highest BCUT2D eigenvalue weighted by molar-refractivity contribution is 5.84. The molecule has 1 saturated carbocycles. The van der Waals surface area contributed by atoms with Crippen molar-refractivity contribution in [2.75, 3.05) is 53.5 Å². The monoisotopic (exact) mass is 363 g/mol. The number of fused-ring (bicyclic) bond motifs is 2. The fourth-order valence-electron chi connectivity index (χ4n) is 5.98. The van der Waals surface area contributed by atoms with Gasteiger partial charge in [-0.15, -0.1) is 0 Å². The van der Waals surface area contributed by atoms with Gasteiger partial charge in [-0.25, -0.2) is 0 Å². The van der Waals surface area contributed by atoms with Crippen LogP contribution in [0.4, 0.5) is 0 Å². The van der Waals surface area contributed by atoms with Gasteiger partial charge in [-0.2, -0.15) is 0 Å². The van der Waals surface area contributed by atoms with E-state index < -0.39 is 0 Å².